The van der Waals surface area contributed by atoms with Crippen molar-refractivity contribution in [3.05, 3.63) is 78.3 Å². The molecule has 0 bridgehead atoms. The number of carbonyl (C=O) groups is 1. The quantitative estimate of drug-likeness (QED) is 0.606. The monoisotopic (exact) mass is 400 g/mol. The summed E-state index contributed by atoms with van der Waals surface area (Å²) >= 11 is 0. The van der Waals surface area contributed by atoms with Crippen LogP contribution in [0.15, 0.2) is 76.2 Å². The first kappa shape index (κ1) is 19.7. The van der Waals surface area contributed by atoms with Gasteiger partial charge in [0.1, 0.15) is 11.5 Å². The average Bonchev–Trinajstić information content (AvgIpc) is 3.20. The highest BCUT2D eigenvalue weighted by molar-refractivity contribution is 7.89. The van der Waals surface area contributed by atoms with Crippen molar-refractivity contribution in [3.8, 4) is 5.75 Å². The molecular weight excluding hydrogens is 380 g/mol. The Balaban J connectivity index is 1.54. The first-order valence-corrected chi connectivity index (χ1v) is 10.0. The van der Waals surface area contributed by atoms with E-state index in [1.807, 2.05) is 25.1 Å². The van der Waals surface area contributed by atoms with Gasteiger partial charge in [-0.1, -0.05) is 18.2 Å². The van der Waals surface area contributed by atoms with Gasteiger partial charge in [0.15, 0.2) is 6.61 Å². The zero-order chi connectivity index (χ0) is 20.0. The number of aryl methyl sites for hydroxylation is 1. The number of rotatable bonds is 8. The Labute approximate surface area is 163 Å². The third kappa shape index (κ3) is 5.21. The summed E-state index contributed by atoms with van der Waals surface area (Å²) in [5.74, 6) is 0.817. The Bertz CT molecular complexity index is 1030. The summed E-state index contributed by atoms with van der Waals surface area (Å²) in [5.41, 5.74) is 1.41. The van der Waals surface area contributed by atoms with Crippen LogP contribution >= 0.6 is 0 Å². The summed E-state index contributed by atoms with van der Waals surface area (Å²) in [4.78, 5) is 12.1. The van der Waals surface area contributed by atoms with E-state index in [4.69, 9.17) is 9.15 Å². The number of sulfonamides is 1. The maximum absolute atomic E-state index is 12.3. The van der Waals surface area contributed by atoms with Crippen molar-refractivity contribution >= 4 is 21.6 Å². The van der Waals surface area contributed by atoms with E-state index in [0.717, 1.165) is 5.56 Å². The van der Waals surface area contributed by atoms with Gasteiger partial charge in [-0.15, -0.1) is 0 Å². The first-order chi connectivity index (χ1) is 13.4. The van der Waals surface area contributed by atoms with Crippen LogP contribution in [-0.2, 0) is 21.4 Å². The molecule has 0 aliphatic carbocycles. The van der Waals surface area contributed by atoms with Gasteiger partial charge < -0.3 is 14.5 Å². The van der Waals surface area contributed by atoms with E-state index in [1.165, 1.54) is 30.5 Å². The van der Waals surface area contributed by atoms with E-state index in [9.17, 15) is 13.2 Å². The first-order valence-electron chi connectivity index (χ1n) is 8.54. The zero-order valence-electron chi connectivity index (χ0n) is 15.2. The summed E-state index contributed by atoms with van der Waals surface area (Å²) in [6.45, 7) is 1.81. The lowest BCUT2D eigenvalue weighted by Crippen LogP contribution is -2.23. The highest BCUT2D eigenvalue weighted by Gasteiger charge is 2.14. The lowest BCUT2D eigenvalue weighted by molar-refractivity contribution is -0.118. The topological polar surface area (TPSA) is 97.6 Å². The molecule has 0 aliphatic rings. The molecule has 0 unspecified atom stereocenters. The summed E-state index contributed by atoms with van der Waals surface area (Å²) in [7, 11) is -3.68. The van der Waals surface area contributed by atoms with Gasteiger partial charge in [-0.25, -0.2) is 13.1 Å². The molecule has 2 N–H and O–H groups in total. The van der Waals surface area contributed by atoms with Crippen LogP contribution in [0.25, 0.3) is 0 Å². The smallest absolute Gasteiger partial charge is 0.262 e. The summed E-state index contributed by atoms with van der Waals surface area (Å²) in [5, 5.41) is 2.67. The van der Waals surface area contributed by atoms with Crippen LogP contribution in [0.3, 0.4) is 0 Å². The largest absolute Gasteiger partial charge is 0.483 e. The van der Waals surface area contributed by atoms with Crippen molar-refractivity contribution in [3.63, 3.8) is 0 Å². The molecule has 0 saturated carbocycles. The van der Waals surface area contributed by atoms with E-state index < -0.39 is 10.0 Å². The number of benzene rings is 2. The van der Waals surface area contributed by atoms with Crippen LogP contribution in [0.4, 0.5) is 5.69 Å². The Kier molecular flexibility index (Phi) is 6.13. The Morgan fingerprint density at radius 2 is 1.79 bits per heavy atom. The van der Waals surface area contributed by atoms with Gasteiger partial charge in [-0.3, -0.25) is 4.79 Å². The second kappa shape index (κ2) is 8.73. The molecule has 0 fully saturated rings. The van der Waals surface area contributed by atoms with Crippen LogP contribution in [0.5, 0.6) is 5.75 Å². The van der Waals surface area contributed by atoms with Crippen LogP contribution < -0.4 is 14.8 Å². The van der Waals surface area contributed by atoms with Crippen molar-refractivity contribution in [2.45, 2.75) is 18.4 Å². The lowest BCUT2D eigenvalue weighted by Gasteiger charge is -2.10. The minimum Gasteiger partial charge on any atom is -0.483 e. The zero-order valence-corrected chi connectivity index (χ0v) is 16.0. The van der Waals surface area contributed by atoms with Gasteiger partial charge >= 0.3 is 0 Å². The number of anilines is 1. The Morgan fingerprint density at radius 3 is 2.46 bits per heavy atom. The molecule has 7 nitrogen and oxygen atoms in total. The number of furan rings is 1. The van der Waals surface area contributed by atoms with Crippen LogP contribution in [0, 0.1) is 6.92 Å². The summed E-state index contributed by atoms with van der Waals surface area (Å²) in [6, 6.07) is 16.7. The second-order valence-electron chi connectivity index (χ2n) is 6.03. The van der Waals surface area contributed by atoms with E-state index in [0.29, 0.717) is 17.2 Å². The highest BCUT2D eigenvalue weighted by atomic mass is 32.2. The van der Waals surface area contributed by atoms with Crippen molar-refractivity contribution in [2.75, 3.05) is 11.9 Å². The molecule has 1 aromatic heterocycles. The number of para-hydroxylation sites is 1. The molecule has 0 aliphatic heterocycles. The average molecular weight is 400 g/mol. The van der Waals surface area contributed by atoms with Crippen LogP contribution in [0.1, 0.15) is 11.3 Å². The van der Waals surface area contributed by atoms with Gasteiger partial charge in [0.05, 0.1) is 17.7 Å². The van der Waals surface area contributed by atoms with E-state index in [-0.39, 0.29) is 24.0 Å². The van der Waals surface area contributed by atoms with Gasteiger partial charge in [0, 0.05) is 5.69 Å². The fourth-order valence-electron chi connectivity index (χ4n) is 2.44. The van der Waals surface area contributed by atoms with E-state index in [1.54, 1.807) is 18.2 Å². The maximum atomic E-state index is 12.3. The van der Waals surface area contributed by atoms with Crippen molar-refractivity contribution < 1.29 is 22.4 Å². The predicted octanol–water partition coefficient (Wildman–Crippen LogP) is 3.08. The third-order valence-electron chi connectivity index (χ3n) is 3.92. The molecule has 146 valence electrons. The molecule has 0 saturated heterocycles. The van der Waals surface area contributed by atoms with Gasteiger partial charge in [-0.05, 0) is 55.0 Å². The maximum Gasteiger partial charge on any atom is 0.262 e. The third-order valence-corrected chi connectivity index (χ3v) is 5.33. The molecule has 2 aromatic carbocycles. The van der Waals surface area contributed by atoms with Gasteiger partial charge in [-0.2, -0.15) is 0 Å². The van der Waals surface area contributed by atoms with Crippen molar-refractivity contribution in [1.82, 2.24) is 4.72 Å². The van der Waals surface area contributed by atoms with Crippen molar-refractivity contribution in [2.24, 2.45) is 0 Å². The SMILES string of the molecule is Cc1ccccc1OCC(=O)Nc1ccc(S(=O)(=O)NCc2ccco2)cc1. The minimum atomic E-state index is -3.68. The second-order valence-corrected chi connectivity index (χ2v) is 7.80. The molecule has 1 amide bonds. The molecule has 0 spiro atoms. The predicted molar refractivity (Wildman–Crippen MR) is 104 cm³/mol. The number of amides is 1. The van der Waals surface area contributed by atoms with E-state index in [2.05, 4.69) is 10.0 Å². The Hall–Kier alpha value is -3.10. The van der Waals surface area contributed by atoms with Gasteiger partial charge in [0.25, 0.3) is 5.91 Å². The molecule has 0 radical (unpaired) electrons. The molecule has 1 heterocycles. The summed E-state index contributed by atoms with van der Waals surface area (Å²) in [6.07, 6.45) is 1.48. The van der Waals surface area contributed by atoms with Crippen molar-refractivity contribution in [1.29, 1.82) is 0 Å². The molecule has 28 heavy (non-hydrogen) atoms. The van der Waals surface area contributed by atoms with Gasteiger partial charge in [0.2, 0.25) is 10.0 Å². The molecule has 3 rings (SSSR count). The fourth-order valence-corrected chi connectivity index (χ4v) is 3.43. The number of nitrogens with one attached hydrogen (secondary N) is 2. The standard InChI is InChI=1S/C20H20N2O5S/c1-15-5-2-3-7-19(15)27-14-20(23)22-16-8-10-18(11-9-16)28(24,25)21-13-17-6-4-12-26-17/h2-12,21H,13-14H2,1H3,(H,22,23). The van der Waals surface area contributed by atoms with Crippen LogP contribution in [0.2, 0.25) is 0 Å². The molecular formula is C20H20N2O5S. The number of ether oxygens (including phenoxy) is 1. The normalized spacial score (nSPS) is 11.2. The summed E-state index contributed by atoms with van der Waals surface area (Å²) < 4.78 is 37.6. The highest BCUT2D eigenvalue weighted by Crippen LogP contribution is 2.17. The number of hydrogen-bond acceptors (Lipinski definition) is 5. The lowest BCUT2D eigenvalue weighted by atomic mass is 10.2. The molecule has 0 atom stereocenters. The minimum absolute atomic E-state index is 0.0596. The molecule has 3 aromatic rings. The van der Waals surface area contributed by atoms with E-state index >= 15 is 0 Å². The molecule has 8 heteroatoms. The number of hydrogen-bond donors (Lipinski definition) is 2. The fraction of sp³-hybridized carbons (Fsp3) is 0.150. The number of carbonyl (C=O) groups excluding carboxylic acids is 1. The van der Waals surface area contributed by atoms with Crippen LogP contribution in [-0.4, -0.2) is 20.9 Å². The Morgan fingerprint density at radius 1 is 1.04 bits per heavy atom.